The van der Waals surface area contributed by atoms with Crippen LogP contribution in [0, 0.1) is 0 Å². The van der Waals surface area contributed by atoms with Crippen LogP contribution in [0.5, 0.6) is 0 Å². The molecule has 2 unspecified atom stereocenters. The van der Waals surface area contributed by atoms with E-state index in [1.165, 1.54) is 4.88 Å². The molecule has 0 amide bonds. The van der Waals surface area contributed by atoms with Crippen molar-refractivity contribution in [3.05, 3.63) is 21.3 Å². The molecule has 8 heteroatoms. The maximum Gasteiger partial charge on any atom is 0.193 e. The maximum absolute atomic E-state index is 5.97. The number of hydrogen-bond acceptors (Lipinski definition) is 4. The number of hydrogen-bond donors (Lipinski definition) is 1. The zero-order valence-electron chi connectivity index (χ0n) is 13.9. The van der Waals surface area contributed by atoms with Gasteiger partial charge in [0.2, 0.25) is 0 Å². The predicted molar refractivity (Wildman–Crippen MR) is 110 cm³/mol. The van der Waals surface area contributed by atoms with Crippen LogP contribution in [0.2, 0.25) is 4.34 Å². The van der Waals surface area contributed by atoms with E-state index in [-0.39, 0.29) is 36.2 Å². The highest BCUT2D eigenvalue weighted by Gasteiger charge is 2.32. The fraction of sp³-hybridized carbons (Fsp3) is 0.688. The van der Waals surface area contributed by atoms with E-state index in [9.17, 15) is 0 Å². The van der Waals surface area contributed by atoms with Gasteiger partial charge in [-0.25, -0.2) is 0 Å². The summed E-state index contributed by atoms with van der Waals surface area (Å²) in [7, 11) is 1.83. The quantitative estimate of drug-likeness (QED) is 0.405. The lowest BCUT2D eigenvalue weighted by molar-refractivity contribution is -0.0816. The van der Waals surface area contributed by atoms with Crippen molar-refractivity contribution >= 4 is 52.9 Å². The van der Waals surface area contributed by atoms with Gasteiger partial charge in [-0.05, 0) is 31.4 Å². The van der Waals surface area contributed by atoms with Crippen LogP contribution >= 0.6 is 46.9 Å². The highest BCUT2D eigenvalue weighted by atomic mass is 127. The Morgan fingerprint density at radius 1 is 1.38 bits per heavy atom. The number of morpholine rings is 1. The smallest absolute Gasteiger partial charge is 0.193 e. The van der Waals surface area contributed by atoms with E-state index in [0.717, 1.165) is 62.4 Å². The van der Waals surface area contributed by atoms with Crippen LogP contribution in [0.1, 0.15) is 17.7 Å². The van der Waals surface area contributed by atoms with Gasteiger partial charge in [0.15, 0.2) is 5.96 Å². The summed E-state index contributed by atoms with van der Waals surface area (Å²) in [4.78, 5) is 7.99. The van der Waals surface area contributed by atoms with Crippen LogP contribution in [0.3, 0.4) is 0 Å². The Kier molecular flexibility index (Phi) is 8.56. The monoisotopic (exact) mass is 485 g/mol. The van der Waals surface area contributed by atoms with E-state index in [0.29, 0.717) is 0 Å². The summed E-state index contributed by atoms with van der Waals surface area (Å²) < 4.78 is 12.5. The molecule has 2 atom stereocenters. The SMILES string of the molecule is CN=C(NCCc1ccc(Cl)s1)N1CCOC(C2CCCO2)C1.I. The minimum atomic E-state index is 0. The molecular weight excluding hydrogens is 461 g/mol. The van der Waals surface area contributed by atoms with Crippen LogP contribution in [-0.2, 0) is 15.9 Å². The molecule has 0 radical (unpaired) electrons. The van der Waals surface area contributed by atoms with E-state index < -0.39 is 0 Å². The minimum absolute atomic E-state index is 0. The average molecular weight is 486 g/mol. The van der Waals surface area contributed by atoms with Crippen molar-refractivity contribution < 1.29 is 9.47 Å². The van der Waals surface area contributed by atoms with Crippen molar-refractivity contribution in [1.82, 2.24) is 10.2 Å². The predicted octanol–water partition coefficient (Wildman–Crippen LogP) is 3.02. The summed E-state index contributed by atoms with van der Waals surface area (Å²) in [5.74, 6) is 0.943. The fourth-order valence-corrected chi connectivity index (χ4v) is 4.19. The van der Waals surface area contributed by atoms with Crippen molar-refractivity contribution in [2.75, 3.05) is 39.9 Å². The minimum Gasteiger partial charge on any atom is -0.375 e. The molecule has 0 aliphatic carbocycles. The molecule has 2 fully saturated rings. The number of nitrogens with one attached hydrogen (secondary N) is 1. The van der Waals surface area contributed by atoms with Crippen molar-refractivity contribution in [2.45, 2.75) is 31.5 Å². The average Bonchev–Trinajstić information content (AvgIpc) is 3.23. The molecule has 2 aliphatic rings. The first-order valence-corrected chi connectivity index (χ1v) is 9.38. The van der Waals surface area contributed by atoms with Gasteiger partial charge in [-0.3, -0.25) is 4.99 Å². The van der Waals surface area contributed by atoms with Crippen LogP contribution < -0.4 is 5.32 Å². The first-order chi connectivity index (χ1) is 11.3. The number of nitrogens with zero attached hydrogens (tertiary/aromatic N) is 2. The molecule has 5 nitrogen and oxygen atoms in total. The maximum atomic E-state index is 5.97. The van der Waals surface area contributed by atoms with Gasteiger partial charge in [-0.15, -0.1) is 35.3 Å². The molecule has 0 aromatic carbocycles. The lowest BCUT2D eigenvalue weighted by atomic mass is 10.1. The molecule has 0 saturated carbocycles. The van der Waals surface area contributed by atoms with Gasteiger partial charge < -0.3 is 19.7 Å². The molecule has 0 spiro atoms. The molecule has 1 aromatic heterocycles. The third-order valence-electron chi connectivity index (χ3n) is 4.27. The molecule has 3 heterocycles. The number of aliphatic imine (C=N–C) groups is 1. The largest absolute Gasteiger partial charge is 0.375 e. The standard InChI is InChI=1S/C16H24ClN3O2S.HI/c1-18-16(19-7-6-12-4-5-15(17)23-12)20-8-10-22-14(11-20)13-3-2-9-21-13;/h4-5,13-14H,2-3,6-11H2,1H3,(H,18,19);1H. The van der Waals surface area contributed by atoms with Gasteiger partial charge in [0.25, 0.3) is 0 Å². The van der Waals surface area contributed by atoms with Crippen LogP contribution in [0.15, 0.2) is 17.1 Å². The van der Waals surface area contributed by atoms with Crippen LogP contribution in [0.4, 0.5) is 0 Å². The molecule has 1 aromatic rings. The summed E-state index contributed by atoms with van der Waals surface area (Å²) in [5.41, 5.74) is 0. The fourth-order valence-electron chi connectivity index (χ4n) is 3.10. The Balaban J connectivity index is 0.00000208. The molecular formula is C16H25ClIN3O2S. The lowest BCUT2D eigenvalue weighted by Gasteiger charge is -2.37. The van der Waals surface area contributed by atoms with E-state index >= 15 is 0 Å². The molecule has 0 bridgehead atoms. The van der Waals surface area contributed by atoms with Gasteiger partial charge in [-0.1, -0.05) is 11.6 Å². The highest BCUT2D eigenvalue weighted by Crippen LogP contribution is 2.22. The topological polar surface area (TPSA) is 46.1 Å². The van der Waals surface area contributed by atoms with Crippen molar-refractivity contribution in [3.63, 3.8) is 0 Å². The Morgan fingerprint density at radius 2 is 2.21 bits per heavy atom. The van der Waals surface area contributed by atoms with Crippen molar-refractivity contribution in [1.29, 1.82) is 0 Å². The number of guanidine groups is 1. The van der Waals surface area contributed by atoms with Gasteiger partial charge in [0.1, 0.15) is 6.10 Å². The van der Waals surface area contributed by atoms with E-state index in [4.69, 9.17) is 21.1 Å². The van der Waals surface area contributed by atoms with Gasteiger partial charge >= 0.3 is 0 Å². The third kappa shape index (κ3) is 5.45. The summed E-state index contributed by atoms with van der Waals surface area (Å²) >= 11 is 7.60. The second-order valence-electron chi connectivity index (χ2n) is 5.84. The summed E-state index contributed by atoms with van der Waals surface area (Å²) in [6.45, 7) is 4.15. The normalized spacial score (nSPS) is 24.8. The highest BCUT2D eigenvalue weighted by molar-refractivity contribution is 14.0. The Hall–Kier alpha value is -0.0900. The van der Waals surface area contributed by atoms with Crippen LogP contribution in [-0.4, -0.2) is 63.0 Å². The van der Waals surface area contributed by atoms with Crippen molar-refractivity contribution in [3.8, 4) is 0 Å². The number of halogens is 2. The van der Waals surface area contributed by atoms with Gasteiger partial charge in [0.05, 0.1) is 17.0 Å². The zero-order chi connectivity index (χ0) is 16.1. The second-order valence-corrected chi connectivity index (χ2v) is 7.64. The van der Waals surface area contributed by atoms with Crippen molar-refractivity contribution in [2.24, 2.45) is 4.99 Å². The van der Waals surface area contributed by atoms with Crippen LogP contribution in [0.25, 0.3) is 0 Å². The number of thiophene rings is 1. The summed E-state index contributed by atoms with van der Waals surface area (Å²) in [6.07, 6.45) is 3.59. The third-order valence-corrected chi connectivity index (χ3v) is 5.56. The molecule has 2 saturated heterocycles. The van der Waals surface area contributed by atoms with E-state index in [1.54, 1.807) is 11.3 Å². The van der Waals surface area contributed by atoms with Gasteiger partial charge in [0, 0.05) is 38.2 Å². The Morgan fingerprint density at radius 3 is 2.88 bits per heavy atom. The molecule has 2 aliphatic heterocycles. The number of rotatable bonds is 4. The Labute approximate surface area is 169 Å². The zero-order valence-corrected chi connectivity index (χ0v) is 17.8. The first-order valence-electron chi connectivity index (χ1n) is 8.19. The summed E-state index contributed by atoms with van der Waals surface area (Å²) in [6, 6.07) is 4.03. The molecule has 3 rings (SSSR count). The molecule has 136 valence electrons. The molecule has 24 heavy (non-hydrogen) atoms. The summed E-state index contributed by atoms with van der Waals surface area (Å²) in [5, 5.41) is 3.45. The second kappa shape index (κ2) is 10.2. The van der Waals surface area contributed by atoms with E-state index in [2.05, 4.69) is 21.3 Å². The Bertz CT molecular complexity index is 537. The van der Waals surface area contributed by atoms with E-state index in [1.807, 2.05) is 13.1 Å². The van der Waals surface area contributed by atoms with Gasteiger partial charge in [-0.2, -0.15) is 0 Å². The molecule has 1 N–H and O–H groups in total. The number of ether oxygens (including phenoxy) is 2. The lowest BCUT2D eigenvalue weighted by Crippen LogP contribution is -2.53. The first kappa shape index (κ1) is 20.2.